The van der Waals surface area contributed by atoms with Crippen molar-refractivity contribution in [3.8, 4) is 22.5 Å². The second-order valence-corrected chi connectivity index (χ2v) is 12.6. The minimum atomic E-state index is 0.217. The monoisotopic (exact) mass is 602 g/mol. The zero-order valence-corrected chi connectivity index (χ0v) is 26.6. The van der Waals surface area contributed by atoms with Crippen LogP contribution in [-0.2, 0) is 0 Å². The number of hydrogen-bond acceptors (Lipinski definition) is 0. The highest BCUT2D eigenvalue weighted by Crippen LogP contribution is 2.40. The fraction of sp³-hybridized carbons (Fsp3) is 0.0667. The molecule has 9 aromatic rings. The van der Waals surface area contributed by atoms with Crippen molar-refractivity contribution >= 4 is 43.6 Å². The van der Waals surface area contributed by atoms with Crippen molar-refractivity contribution in [1.82, 2.24) is 9.13 Å². The highest BCUT2D eigenvalue weighted by Gasteiger charge is 2.20. The summed E-state index contributed by atoms with van der Waals surface area (Å²) in [6.45, 7) is 4.58. The summed E-state index contributed by atoms with van der Waals surface area (Å²) in [6.07, 6.45) is 0. The zero-order valence-electron chi connectivity index (χ0n) is 26.6. The Morgan fingerprint density at radius 1 is 0.404 bits per heavy atom. The molecular weight excluding hydrogens is 569 g/mol. The van der Waals surface area contributed by atoms with Gasteiger partial charge >= 0.3 is 0 Å². The van der Waals surface area contributed by atoms with Gasteiger partial charge in [0.05, 0.1) is 22.1 Å². The summed E-state index contributed by atoms with van der Waals surface area (Å²) in [6, 6.07) is 59.9. The summed E-state index contributed by atoms with van der Waals surface area (Å²) in [7, 11) is 0. The van der Waals surface area contributed by atoms with Crippen LogP contribution < -0.4 is 0 Å². The van der Waals surface area contributed by atoms with Gasteiger partial charge in [0.2, 0.25) is 0 Å². The number of rotatable bonds is 5. The lowest BCUT2D eigenvalue weighted by atomic mass is 9.85. The Labute approximate surface area is 274 Å². The van der Waals surface area contributed by atoms with Crippen molar-refractivity contribution in [2.45, 2.75) is 19.8 Å². The van der Waals surface area contributed by atoms with Crippen molar-refractivity contribution in [3.05, 3.63) is 180 Å². The fourth-order valence-electron chi connectivity index (χ4n) is 7.66. The van der Waals surface area contributed by atoms with Crippen LogP contribution in [0.3, 0.4) is 0 Å². The minimum absolute atomic E-state index is 0.217. The molecule has 0 N–H and O–H groups in total. The molecular formula is C45H34N2. The minimum Gasteiger partial charge on any atom is -0.309 e. The van der Waals surface area contributed by atoms with Gasteiger partial charge in [-0.05, 0) is 83.3 Å². The molecule has 1 atom stereocenters. The lowest BCUT2D eigenvalue weighted by Gasteiger charge is -2.21. The Balaban J connectivity index is 1.32. The van der Waals surface area contributed by atoms with Crippen LogP contribution in [0.15, 0.2) is 164 Å². The molecule has 0 radical (unpaired) electrons. The summed E-state index contributed by atoms with van der Waals surface area (Å²) in [5.41, 5.74) is 13.6. The first-order valence-electron chi connectivity index (χ1n) is 16.4. The number of para-hydroxylation sites is 4. The lowest BCUT2D eigenvalue weighted by Crippen LogP contribution is -2.03. The van der Waals surface area contributed by atoms with E-state index in [9.17, 15) is 0 Å². The SMILES string of the molecule is Cc1ccc(-n2c3ccccc3c3ccccc32)cc1-c1cc(-n2c3ccccc3c3ccccc32)ccc1C(C)c1ccccc1. The predicted molar refractivity (Wildman–Crippen MR) is 199 cm³/mol. The molecule has 0 saturated carbocycles. The molecule has 0 aliphatic rings. The average molecular weight is 603 g/mol. The van der Waals surface area contributed by atoms with Gasteiger partial charge in [-0.25, -0.2) is 0 Å². The lowest BCUT2D eigenvalue weighted by molar-refractivity contribution is 0.923. The van der Waals surface area contributed by atoms with E-state index in [0.29, 0.717) is 0 Å². The van der Waals surface area contributed by atoms with Crippen LogP contribution >= 0.6 is 0 Å². The van der Waals surface area contributed by atoms with E-state index in [-0.39, 0.29) is 5.92 Å². The van der Waals surface area contributed by atoms with E-state index in [1.807, 2.05) is 0 Å². The Morgan fingerprint density at radius 3 is 1.30 bits per heavy atom. The van der Waals surface area contributed by atoms with Crippen LogP contribution in [0.5, 0.6) is 0 Å². The van der Waals surface area contributed by atoms with Gasteiger partial charge in [0.15, 0.2) is 0 Å². The van der Waals surface area contributed by atoms with Crippen molar-refractivity contribution in [2.75, 3.05) is 0 Å². The normalized spacial score (nSPS) is 12.4. The molecule has 2 nitrogen and oxygen atoms in total. The first-order valence-corrected chi connectivity index (χ1v) is 16.4. The van der Waals surface area contributed by atoms with E-state index in [1.165, 1.54) is 82.8 Å². The quantitative estimate of drug-likeness (QED) is 0.185. The fourth-order valence-corrected chi connectivity index (χ4v) is 7.66. The van der Waals surface area contributed by atoms with Gasteiger partial charge in [-0.15, -0.1) is 0 Å². The zero-order chi connectivity index (χ0) is 31.5. The molecule has 1 unspecified atom stereocenters. The van der Waals surface area contributed by atoms with Crippen molar-refractivity contribution < 1.29 is 0 Å². The second kappa shape index (κ2) is 10.9. The highest BCUT2D eigenvalue weighted by atomic mass is 15.0. The molecule has 0 saturated heterocycles. The largest absolute Gasteiger partial charge is 0.309 e. The molecule has 7 aromatic carbocycles. The van der Waals surface area contributed by atoms with E-state index >= 15 is 0 Å². The molecule has 0 aliphatic carbocycles. The molecule has 0 spiro atoms. The van der Waals surface area contributed by atoms with Gasteiger partial charge in [-0.2, -0.15) is 0 Å². The Kier molecular flexibility index (Phi) is 6.36. The maximum absolute atomic E-state index is 2.43. The number of fused-ring (bicyclic) bond motifs is 6. The Morgan fingerprint density at radius 2 is 0.809 bits per heavy atom. The van der Waals surface area contributed by atoms with E-state index < -0.39 is 0 Å². The van der Waals surface area contributed by atoms with E-state index in [2.05, 4.69) is 187 Å². The highest BCUT2D eigenvalue weighted by molar-refractivity contribution is 6.10. The molecule has 0 amide bonds. The number of nitrogens with zero attached hydrogens (tertiary/aromatic N) is 2. The molecule has 2 aromatic heterocycles. The van der Waals surface area contributed by atoms with Gasteiger partial charge in [0.25, 0.3) is 0 Å². The van der Waals surface area contributed by atoms with Crippen LogP contribution in [0.2, 0.25) is 0 Å². The number of benzene rings is 7. The van der Waals surface area contributed by atoms with Crippen molar-refractivity contribution in [2.24, 2.45) is 0 Å². The van der Waals surface area contributed by atoms with Gasteiger partial charge in [-0.1, -0.05) is 122 Å². The number of hydrogen-bond donors (Lipinski definition) is 0. The van der Waals surface area contributed by atoms with Crippen molar-refractivity contribution in [3.63, 3.8) is 0 Å². The summed E-state index contributed by atoms with van der Waals surface area (Å²) < 4.78 is 4.85. The molecule has 0 fully saturated rings. The summed E-state index contributed by atoms with van der Waals surface area (Å²) in [5, 5.41) is 5.10. The molecule has 0 bridgehead atoms. The molecule has 0 aliphatic heterocycles. The molecule has 2 heteroatoms. The van der Waals surface area contributed by atoms with Crippen LogP contribution in [0, 0.1) is 6.92 Å². The topological polar surface area (TPSA) is 9.86 Å². The molecule has 224 valence electrons. The van der Waals surface area contributed by atoms with Crippen LogP contribution in [0.1, 0.15) is 29.5 Å². The number of aromatic nitrogens is 2. The number of aryl methyl sites for hydroxylation is 1. The molecule has 9 rings (SSSR count). The predicted octanol–water partition coefficient (Wildman–Crippen LogP) is 12.0. The maximum Gasteiger partial charge on any atom is 0.0541 e. The summed E-state index contributed by atoms with van der Waals surface area (Å²) >= 11 is 0. The third-order valence-corrected chi connectivity index (χ3v) is 9.99. The molecule has 2 heterocycles. The van der Waals surface area contributed by atoms with Crippen LogP contribution in [-0.4, -0.2) is 9.13 Å². The average Bonchev–Trinajstić information content (AvgIpc) is 3.65. The van der Waals surface area contributed by atoms with E-state index in [0.717, 1.165) is 0 Å². The van der Waals surface area contributed by atoms with Crippen LogP contribution in [0.25, 0.3) is 66.1 Å². The Hall–Kier alpha value is -5.86. The standard InChI is InChI=1S/C45H34N2/c1-30-24-25-33(46-42-20-10-6-16-36(42)37-17-7-11-21-43(37)46)28-40(30)41-29-34(26-27-35(41)31(2)32-14-4-3-5-15-32)47-44-22-12-8-18-38(44)39-19-9-13-23-45(39)47/h3-29,31H,1-2H3. The first kappa shape index (κ1) is 27.5. The second-order valence-electron chi connectivity index (χ2n) is 12.6. The first-order chi connectivity index (χ1) is 23.2. The third-order valence-electron chi connectivity index (χ3n) is 9.99. The Bertz CT molecular complexity index is 2490. The smallest absolute Gasteiger partial charge is 0.0541 e. The summed E-state index contributed by atoms with van der Waals surface area (Å²) in [4.78, 5) is 0. The van der Waals surface area contributed by atoms with Crippen molar-refractivity contribution in [1.29, 1.82) is 0 Å². The van der Waals surface area contributed by atoms with Crippen LogP contribution in [0.4, 0.5) is 0 Å². The molecule has 47 heavy (non-hydrogen) atoms. The van der Waals surface area contributed by atoms with E-state index in [4.69, 9.17) is 0 Å². The van der Waals surface area contributed by atoms with Gasteiger partial charge in [0.1, 0.15) is 0 Å². The maximum atomic E-state index is 2.43. The third kappa shape index (κ3) is 4.33. The summed E-state index contributed by atoms with van der Waals surface area (Å²) in [5.74, 6) is 0.217. The van der Waals surface area contributed by atoms with E-state index in [1.54, 1.807) is 0 Å². The van der Waals surface area contributed by atoms with Gasteiger partial charge < -0.3 is 9.13 Å². The van der Waals surface area contributed by atoms with Gasteiger partial charge in [0, 0.05) is 38.8 Å². The van der Waals surface area contributed by atoms with Gasteiger partial charge in [-0.3, -0.25) is 0 Å².